The van der Waals surface area contributed by atoms with Crippen molar-refractivity contribution in [1.29, 1.82) is 0 Å². The van der Waals surface area contributed by atoms with Crippen molar-refractivity contribution < 1.29 is 31.9 Å². The SMILES string of the molecule is COc1c(CCC(C)CCCCC2CCCC2=O)cccc1C1CC(c2ccc(F)cc2)C=C1C(=O)c1c(F)cc(F)cc1F. The molecule has 1 saturated carbocycles. The molecule has 3 nitrogen and oxygen atoms in total. The van der Waals surface area contributed by atoms with E-state index in [0.717, 1.165) is 74.5 Å². The monoisotopic (exact) mass is 620 g/mol. The van der Waals surface area contributed by atoms with Gasteiger partial charge in [0.15, 0.2) is 5.78 Å². The first-order valence-electron chi connectivity index (χ1n) is 16.0. The van der Waals surface area contributed by atoms with Crippen LogP contribution in [-0.2, 0) is 11.2 Å². The largest absolute Gasteiger partial charge is 0.496 e. The molecule has 0 aliphatic heterocycles. The number of rotatable bonds is 13. The number of ketones is 2. The zero-order chi connectivity index (χ0) is 32.1. The van der Waals surface area contributed by atoms with Crippen LogP contribution in [0.2, 0.25) is 0 Å². The lowest BCUT2D eigenvalue weighted by atomic mass is 9.84. The minimum absolute atomic E-state index is 0.193. The van der Waals surface area contributed by atoms with Gasteiger partial charge in [0.05, 0.1) is 12.7 Å². The van der Waals surface area contributed by atoms with Gasteiger partial charge in [0.25, 0.3) is 0 Å². The summed E-state index contributed by atoms with van der Waals surface area (Å²) in [6.07, 6.45) is 10.8. The number of ether oxygens (including phenoxy) is 1. The van der Waals surface area contributed by atoms with Crippen LogP contribution in [0.15, 0.2) is 66.2 Å². The molecule has 1 fully saturated rings. The molecule has 5 rings (SSSR count). The Balaban J connectivity index is 1.36. The minimum atomic E-state index is -1.26. The van der Waals surface area contributed by atoms with Crippen LogP contribution in [0.5, 0.6) is 5.75 Å². The topological polar surface area (TPSA) is 43.4 Å². The molecule has 0 aromatic heterocycles. The van der Waals surface area contributed by atoms with Crippen molar-refractivity contribution in [1.82, 2.24) is 0 Å². The summed E-state index contributed by atoms with van der Waals surface area (Å²) < 4.78 is 62.9. The number of carbonyl (C=O) groups excluding carboxylic acids is 2. The molecule has 4 atom stereocenters. The van der Waals surface area contributed by atoms with Gasteiger partial charge in [-0.05, 0) is 67.7 Å². The fourth-order valence-electron chi connectivity index (χ4n) is 7.10. The second kappa shape index (κ2) is 14.6. The molecule has 0 saturated heterocycles. The van der Waals surface area contributed by atoms with Crippen LogP contribution in [0.1, 0.15) is 104 Å². The number of hydrogen-bond acceptors (Lipinski definition) is 3. The molecule has 2 aliphatic carbocycles. The summed E-state index contributed by atoms with van der Waals surface area (Å²) in [6.45, 7) is 2.23. The summed E-state index contributed by atoms with van der Waals surface area (Å²) in [4.78, 5) is 25.7. The zero-order valence-electron chi connectivity index (χ0n) is 25.9. The van der Waals surface area contributed by atoms with Gasteiger partial charge in [0.2, 0.25) is 0 Å². The number of hydrogen-bond donors (Lipinski definition) is 0. The smallest absolute Gasteiger partial charge is 0.195 e. The highest BCUT2D eigenvalue weighted by atomic mass is 19.1. The fourth-order valence-corrected chi connectivity index (χ4v) is 7.10. The molecule has 3 aromatic carbocycles. The Kier molecular flexibility index (Phi) is 10.6. The van der Waals surface area contributed by atoms with E-state index in [-0.39, 0.29) is 17.4 Å². The van der Waals surface area contributed by atoms with Crippen LogP contribution in [-0.4, -0.2) is 18.7 Å². The van der Waals surface area contributed by atoms with E-state index in [1.54, 1.807) is 25.3 Å². The third-order valence-corrected chi connectivity index (χ3v) is 9.58. The number of Topliss-reactive ketones (excluding diaryl/α,β-unsaturated/α-hetero) is 2. The quantitative estimate of drug-likeness (QED) is 0.109. The predicted molar refractivity (Wildman–Crippen MR) is 167 cm³/mol. The summed E-state index contributed by atoms with van der Waals surface area (Å²) in [5.74, 6) is -3.94. The van der Waals surface area contributed by atoms with E-state index >= 15 is 0 Å². The molecule has 0 radical (unpaired) electrons. The number of methoxy groups -OCH3 is 1. The maximum atomic E-state index is 14.8. The second-order valence-corrected chi connectivity index (χ2v) is 12.7. The fraction of sp³-hybridized carbons (Fsp3) is 0.421. The molecule has 0 N–H and O–H groups in total. The van der Waals surface area contributed by atoms with Crippen molar-refractivity contribution in [3.8, 4) is 5.75 Å². The summed E-state index contributed by atoms with van der Waals surface area (Å²) in [6, 6.07) is 12.7. The van der Waals surface area contributed by atoms with E-state index in [1.165, 1.54) is 12.1 Å². The van der Waals surface area contributed by atoms with Crippen molar-refractivity contribution in [2.24, 2.45) is 11.8 Å². The molecule has 238 valence electrons. The standard InChI is InChI=1S/C38H40F4O3/c1-23(7-3-4-8-25-9-6-12-35(25)43)13-14-26-10-5-11-30(38(26)45-2)31-19-27(24-15-17-28(39)18-16-24)20-32(31)37(44)36-33(41)21-29(40)22-34(36)42/h5,10-11,15-18,20-23,25,27,31H,3-4,6-9,12-14,19H2,1-2H3. The molecule has 0 spiro atoms. The molecule has 7 heteroatoms. The van der Waals surface area contributed by atoms with Crippen LogP contribution in [0.4, 0.5) is 17.6 Å². The first-order valence-corrected chi connectivity index (χ1v) is 16.0. The van der Waals surface area contributed by atoms with E-state index in [1.807, 2.05) is 18.2 Å². The maximum absolute atomic E-state index is 14.8. The van der Waals surface area contributed by atoms with Crippen LogP contribution in [0.25, 0.3) is 0 Å². The average molecular weight is 621 g/mol. The molecule has 0 amide bonds. The number of para-hydroxylation sites is 1. The number of benzene rings is 3. The van der Waals surface area contributed by atoms with E-state index < -0.39 is 40.5 Å². The van der Waals surface area contributed by atoms with Gasteiger partial charge in [-0.25, -0.2) is 17.6 Å². The second-order valence-electron chi connectivity index (χ2n) is 12.7. The maximum Gasteiger partial charge on any atom is 0.195 e. The lowest BCUT2D eigenvalue weighted by Gasteiger charge is -2.22. The third kappa shape index (κ3) is 7.57. The molecule has 0 heterocycles. The Morgan fingerprint density at radius 2 is 1.69 bits per heavy atom. The van der Waals surface area contributed by atoms with Crippen LogP contribution in [0, 0.1) is 35.1 Å². The van der Waals surface area contributed by atoms with Gasteiger partial charge in [0, 0.05) is 47.4 Å². The molecule has 45 heavy (non-hydrogen) atoms. The summed E-state index contributed by atoms with van der Waals surface area (Å²) in [5, 5.41) is 0. The highest BCUT2D eigenvalue weighted by molar-refractivity contribution is 6.10. The number of carbonyl (C=O) groups is 2. The molecule has 4 unspecified atom stereocenters. The summed E-state index contributed by atoms with van der Waals surface area (Å²) >= 11 is 0. The average Bonchev–Trinajstić information content (AvgIpc) is 3.64. The molecular weight excluding hydrogens is 580 g/mol. The minimum Gasteiger partial charge on any atom is -0.496 e. The number of halogens is 4. The van der Waals surface area contributed by atoms with Gasteiger partial charge >= 0.3 is 0 Å². The van der Waals surface area contributed by atoms with Gasteiger partial charge in [0.1, 0.15) is 34.8 Å². The Hall–Kier alpha value is -3.74. The van der Waals surface area contributed by atoms with Crippen LogP contribution in [0.3, 0.4) is 0 Å². The lowest BCUT2D eigenvalue weighted by Crippen LogP contribution is -2.14. The van der Waals surface area contributed by atoms with E-state index in [2.05, 4.69) is 6.92 Å². The first-order chi connectivity index (χ1) is 21.7. The molecular formula is C38H40F4O3. The van der Waals surface area contributed by atoms with Crippen molar-refractivity contribution in [3.05, 3.63) is 112 Å². The van der Waals surface area contributed by atoms with Gasteiger partial charge < -0.3 is 4.74 Å². The Morgan fingerprint density at radius 1 is 0.956 bits per heavy atom. The summed E-state index contributed by atoms with van der Waals surface area (Å²) in [7, 11) is 1.58. The third-order valence-electron chi connectivity index (χ3n) is 9.58. The van der Waals surface area contributed by atoms with Crippen molar-refractivity contribution in [2.75, 3.05) is 7.11 Å². The van der Waals surface area contributed by atoms with Crippen molar-refractivity contribution in [3.63, 3.8) is 0 Å². The highest BCUT2D eigenvalue weighted by Gasteiger charge is 2.37. The van der Waals surface area contributed by atoms with E-state index in [0.29, 0.717) is 36.0 Å². The Morgan fingerprint density at radius 3 is 2.36 bits per heavy atom. The van der Waals surface area contributed by atoms with E-state index in [9.17, 15) is 27.2 Å². The Labute approximate surface area is 262 Å². The Bertz CT molecular complexity index is 1540. The zero-order valence-corrected chi connectivity index (χ0v) is 25.9. The van der Waals surface area contributed by atoms with Gasteiger partial charge in [-0.1, -0.05) is 62.6 Å². The number of unbranched alkanes of at least 4 members (excludes halogenated alkanes) is 1. The van der Waals surface area contributed by atoms with Crippen LogP contribution >= 0.6 is 0 Å². The van der Waals surface area contributed by atoms with Gasteiger partial charge in [-0.15, -0.1) is 0 Å². The molecule has 3 aromatic rings. The lowest BCUT2D eigenvalue weighted by molar-refractivity contribution is -0.120. The predicted octanol–water partition coefficient (Wildman–Crippen LogP) is 9.83. The van der Waals surface area contributed by atoms with Crippen LogP contribution < -0.4 is 4.74 Å². The summed E-state index contributed by atoms with van der Waals surface area (Å²) in [5.41, 5.74) is 1.88. The van der Waals surface area contributed by atoms with Crippen molar-refractivity contribution >= 4 is 11.6 Å². The van der Waals surface area contributed by atoms with E-state index in [4.69, 9.17) is 4.74 Å². The normalized spacial score (nSPS) is 20.4. The molecule has 0 bridgehead atoms. The van der Waals surface area contributed by atoms with Gasteiger partial charge in [-0.3, -0.25) is 9.59 Å². The first kappa shape index (κ1) is 32.6. The number of aryl methyl sites for hydroxylation is 1. The highest BCUT2D eigenvalue weighted by Crippen LogP contribution is 2.48. The number of allylic oxidation sites excluding steroid dienone is 2. The molecule has 2 aliphatic rings. The van der Waals surface area contributed by atoms with Gasteiger partial charge in [-0.2, -0.15) is 0 Å². The van der Waals surface area contributed by atoms with Crippen molar-refractivity contribution in [2.45, 2.75) is 83.0 Å².